The molecule has 234 valence electrons. The Morgan fingerprint density at radius 3 is 2.23 bits per heavy atom. The first-order valence-corrected chi connectivity index (χ1v) is 13.0. The Balaban J connectivity index is 1.62. The summed E-state index contributed by atoms with van der Waals surface area (Å²) in [6, 6.07) is 5.53. The zero-order valence-electron chi connectivity index (χ0n) is 22.3. The van der Waals surface area contributed by atoms with E-state index in [0.717, 1.165) is 18.2 Å². The maximum Gasteiger partial charge on any atom is 0.235 e. The maximum atomic E-state index is 13.7. The minimum atomic E-state index is -1.91. The molecule has 2 fully saturated rings. The summed E-state index contributed by atoms with van der Waals surface area (Å²) in [5, 5.41) is 102. The Morgan fingerprint density at radius 1 is 0.814 bits per heavy atom. The van der Waals surface area contributed by atoms with Crippen molar-refractivity contribution in [2.45, 2.75) is 68.3 Å². The molecule has 0 spiro atoms. The maximum absolute atomic E-state index is 13.7. The molecule has 0 saturated carbocycles. The smallest absolute Gasteiger partial charge is 0.235 e. The molecule has 10 atom stereocenters. The normalized spacial score (nSPS) is 33.0. The SMILES string of the molecule is C[C@@H]1O[C@@H](O[C@H]2[C@@H](Oc3c(-c4ccc(O)c(O)c4O)oc4cc(O)ccc4c3=O)O[C@@H](CO)[C@@H](O)[C@H]2O)[C@@H](O)[C@@H](O)[C@H]1O. The first-order valence-electron chi connectivity index (χ1n) is 13.0. The molecule has 0 amide bonds. The summed E-state index contributed by atoms with van der Waals surface area (Å²) >= 11 is 0. The van der Waals surface area contributed by atoms with Gasteiger partial charge in [0.05, 0.1) is 23.7 Å². The van der Waals surface area contributed by atoms with Gasteiger partial charge >= 0.3 is 0 Å². The van der Waals surface area contributed by atoms with Crippen molar-refractivity contribution in [2.75, 3.05) is 6.61 Å². The van der Waals surface area contributed by atoms with Crippen molar-refractivity contribution in [1.29, 1.82) is 0 Å². The van der Waals surface area contributed by atoms with Gasteiger partial charge in [0.1, 0.15) is 48.0 Å². The van der Waals surface area contributed by atoms with Crippen molar-refractivity contribution in [2.24, 2.45) is 0 Å². The predicted octanol–water partition coefficient (Wildman–Crippen LogP) is -1.69. The lowest BCUT2D eigenvalue weighted by atomic mass is 9.97. The van der Waals surface area contributed by atoms with E-state index >= 15 is 0 Å². The number of hydrogen-bond donors (Lipinski definition) is 10. The number of phenolic OH excluding ortho intramolecular Hbond substituents is 4. The number of aliphatic hydroxyl groups is 6. The predicted molar refractivity (Wildman–Crippen MR) is 140 cm³/mol. The highest BCUT2D eigenvalue weighted by molar-refractivity contribution is 5.85. The number of fused-ring (bicyclic) bond motifs is 1. The summed E-state index contributed by atoms with van der Waals surface area (Å²) in [4.78, 5) is 13.7. The fourth-order valence-corrected chi connectivity index (χ4v) is 4.89. The van der Waals surface area contributed by atoms with Gasteiger partial charge in [-0.25, -0.2) is 0 Å². The van der Waals surface area contributed by atoms with Gasteiger partial charge in [-0.15, -0.1) is 0 Å². The standard InChI is InChI=1S/C27H30O16/c1-8-15(31)20(36)22(38)26(39-8)43-25-21(37)19(35)14(7-28)41-27(25)42-24-17(33)10-3-2-9(29)6-13(10)40-23(24)11-4-5-12(30)18(34)16(11)32/h2-6,8,14-15,19-22,25-32,34-38H,7H2,1H3/t8-,14-,15-,19+,20-,21+,22-,25+,26-,27+/m0/s1. The van der Waals surface area contributed by atoms with Crippen LogP contribution in [0.1, 0.15) is 6.92 Å². The molecule has 2 aliphatic heterocycles. The molecule has 2 aliphatic rings. The number of aliphatic hydroxyl groups excluding tert-OH is 6. The van der Waals surface area contributed by atoms with E-state index in [9.17, 15) is 55.9 Å². The largest absolute Gasteiger partial charge is 0.508 e. The first kappa shape index (κ1) is 30.7. The summed E-state index contributed by atoms with van der Waals surface area (Å²) in [5.41, 5.74) is -1.45. The van der Waals surface area contributed by atoms with E-state index < -0.39 is 102 Å². The van der Waals surface area contributed by atoms with Crippen molar-refractivity contribution >= 4 is 11.0 Å². The Bertz CT molecular complexity index is 1540. The van der Waals surface area contributed by atoms with Crippen molar-refractivity contribution in [3.05, 3.63) is 40.6 Å². The van der Waals surface area contributed by atoms with Crippen LogP contribution in [0.3, 0.4) is 0 Å². The van der Waals surface area contributed by atoms with Gasteiger partial charge in [-0.1, -0.05) is 0 Å². The molecular formula is C27H30O16. The highest BCUT2D eigenvalue weighted by Gasteiger charge is 2.51. The summed E-state index contributed by atoms with van der Waals surface area (Å²) in [6.07, 6.45) is -16.7. The van der Waals surface area contributed by atoms with Gasteiger partial charge in [0.2, 0.25) is 23.2 Å². The monoisotopic (exact) mass is 610 g/mol. The molecular weight excluding hydrogens is 580 g/mol. The van der Waals surface area contributed by atoms with Crippen LogP contribution in [0, 0.1) is 0 Å². The molecule has 16 heteroatoms. The lowest BCUT2D eigenvalue weighted by molar-refractivity contribution is -0.354. The van der Waals surface area contributed by atoms with E-state index in [4.69, 9.17) is 23.4 Å². The number of hydrogen-bond acceptors (Lipinski definition) is 16. The van der Waals surface area contributed by atoms with Gasteiger partial charge in [0.15, 0.2) is 29.7 Å². The fourth-order valence-electron chi connectivity index (χ4n) is 4.89. The topological polar surface area (TPSA) is 269 Å². The second-order valence-corrected chi connectivity index (χ2v) is 10.2. The van der Waals surface area contributed by atoms with E-state index in [1.807, 2.05) is 0 Å². The Labute approximate surface area is 241 Å². The highest BCUT2D eigenvalue weighted by atomic mass is 16.8. The van der Waals surface area contributed by atoms with E-state index in [0.29, 0.717) is 0 Å². The van der Waals surface area contributed by atoms with Crippen LogP contribution < -0.4 is 10.2 Å². The molecule has 10 N–H and O–H groups in total. The lowest BCUT2D eigenvalue weighted by Crippen LogP contribution is -2.64. The van der Waals surface area contributed by atoms with E-state index in [2.05, 4.69) is 0 Å². The number of phenols is 4. The van der Waals surface area contributed by atoms with Crippen LogP contribution in [-0.4, -0.2) is 119 Å². The lowest BCUT2D eigenvalue weighted by Gasteiger charge is -2.45. The fraction of sp³-hybridized carbons (Fsp3) is 0.444. The molecule has 3 aromatic rings. The Kier molecular flexibility index (Phi) is 8.41. The molecule has 5 rings (SSSR count). The van der Waals surface area contributed by atoms with E-state index in [1.165, 1.54) is 19.1 Å². The van der Waals surface area contributed by atoms with Crippen LogP contribution in [0.15, 0.2) is 39.5 Å². The van der Waals surface area contributed by atoms with Crippen LogP contribution in [0.4, 0.5) is 0 Å². The molecule has 3 heterocycles. The molecule has 43 heavy (non-hydrogen) atoms. The molecule has 2 aromatic carbocycles. The van der Waals surface area contributed by atoms with Gasteiger partial charge in [-0.3, -0.25) is 4.79 Å². The van der Waals surface area contributed by atoms with Crippen LogP contribution in [0.2, 0.25) is 0 Å². The molecule has 0 unspecified atom stereocenters. The third-order valence-electron chi connectivity index (χ3n) is 7.37. The number of rotatable bonds is 6. The van der Waals surface area contributed by atoms with Crippen molar-refractivity contribution < 1.29 is 74.4 Å². The van der Waals surface area contributed by atoms with Gasteiger partial charge in [-0.05, 0) is 31.2 Å². The number of ether oxygens (including phenoxy) is 4. The number of benzene rings is 2. The van der Waals surface area contributed by atoms with Crippen LogP contribution in [0.25, 0.3) is 22.3 Å². The van der Waals surface area contributed by atoms with Crippen LogP contribution in [-0.2, 0) is 14.2 Å². The van der Waals surface area contributed by atoms with Crippen molar-refractivity contribution in [1.82, 2.24) is 0 Å². The van der Waals surface area contributed by atoms with E-state index in [-0.39, 0.29) is 22.3 Å². The van der Waals surface area contributed by atoms with Gasteiger partial charge in [0.25, 0.3) is 0 Å². The summed E-state index contributed by atoms with van der Waals surface area (Å²) < 4.78 is 28.3. The first-order chi connectivity index (χ1) is 20.3. The average molecular weight is 611 g/mol. The second-order valence-electron chi connectivity index (χ2n) is 10.2. The van der Waals surface area contributed by atoms with Crippen molar-refractivity contribution in [3.63, 3.8) is 0 Å². The average Bonchev–Trinajstić information content (AvgIpc) is 2.98. The zero-order valence-corrected chi connectivity index (χ0v) is 22.3. The van der Waals surface area contributed by atoms with Crippen molar-refractivity contribution in [3.8, 4) is 40.1 Å². The molecule has 0 bridgehead atoms. The Hall–Kier alpha value is -3.71. The van der Waals surface area contributed by atoms with Crippen LogP contribution >= 0.6 is 0 Å². The molecule has 2 saturated heterocycles. The van der Waals surface area contributed by atoms with Gasteiger partial charge in [-0.2, -0.15) is 0 Å². The molecule has 16 nitrogen and oxygen atoms in total. The zero-order chi connectivity index (χ0) is 31.3. The third-order valence-corrected chi connectivity index (χ3v) is 7.37. The third kappa shape index (κ3) is 5.44. The molecule has 0 radical (unpaired) electrons. The minimum Gasteiger partial charge on any atom is -0.508 e. The summed E-state index contributed by atoms with van der Waals surface area (Å²) in [7, 11) is 0. The number of aromatic hydroxyl groups is 4. The summed E-state index contributed by atoms with van der Waals surface area (Å²) in [5.74, 6) is -4.12. The molecule has 1 aromatic heterocycles. The second kappa shape index (κ2) is 11.8. The van der Waals surface area contributed by atoms with Gasteiger partial charge in [0, 0.05) is 6.07 Å². The van der Waals surface area contributed by atoms with Crippen LogP contribution in [0.5, 0.6) is 28.7 Å². The highest BCUT2D eigenvalue weighted by Crippen LogP contribution is 2.45. The van der Waals surface area contributed by atoms with E-state index in [1.54, 1.807) is 0 Å². The Morgan fingerprint density at radius 2 is 1.53 bits per heavy atom. The minimum absolute atomic E-state index is 0.136. The quantitative estimate of drug-likeness (QED) is 0.140. The van der Waals surface area contributed by atoms with Gasteiger partial charge < -0.3 is 74.4 Å². The summed E-state index contributed by atoms with van der Waals surface area (Å²) in [6.45, 7) is 0.541. The molecule has 0 aliphatic carbocycles.